The molecule has 0 atom stereocenters. The van der Waals surface area contributed by atoms with Crippen LogP contribution in [0.1, 0.15) is 26.8 Å². The molecule has 0 unspecified atom stereocenters. The average molecular weight is 238 g/mol. The zero-order valence-electron chi connectivity index (χ0n) is 9.05. The van der Waals surface area contributed by atoms with Crippen LogP contribution in [0.5, 0.6) is 0 Å². The quantitative estimate of drug-likeness (QED) is 0.854. The fourth-order valence-corrected chi connectivity index (χ4v) is 2.20. The van der Waals surface area contributed by atoms with Gasteiger partial charge < -0.3 is 5.11 Å². The number of aryl methyl sites for hydroxylation is 2. The van der Waals surface area contributed by atoms with Crippen LogP contribution in [0.15, 0.2) is 0 Å². The van der Waals surface area contributed by atoms with Gasteiger partial charge in [0.1, 0.15) is 10.6 Å². The molecule has 16 heavy (non-hydrogen) atoms. The Balaban J connectivity index is 2.59. The molecule has 0 amide bonds. The fourth-order valence-electron chi connectivity index (χ4n) is 1.51. The van der Waals surface area contributed by atoms with Crippen LogP contribution in [-0.2, 0) is 0 Å². The Kier molecular flexibility index (Phi) is 2.47. The second-order valence-electron chi connectivity index (χ2n) is 3.37. The van der Waals surface area contributed by atoms with Crippen LogP contribution in [0, 0.1) is 20.8 Å². The van der Waals surface area contributed by atoms with Gasteiger partial charge in [-0.05, 0) is 20.8 Å². The van der Waals surface area contributed by atoms with Crippen molar-refractivity contribution in [2.75, 3.05) is 0 Å². The Bertz CT molecular complexity index is 558. The molecule has 2 aromatic rings. The summed E-state index contributed by atoms with van der Waals surface area (Å²) in [5, 5.41) is 22.4. The van der Waals surface area contributed by atoms with Crippen LogP contribution >= 0.6 is 11.3 Å². The van der Waals surface area contributed by atoms with Gasteiger partial charge in [-0.1, -0.05) is 11.3 Å². The molecular formula is C9H10N4O2S. The van der Waals surface area contributed by atoms with E-state index in [1.165, 1.54) is 16.0 Å². The third-order valence-corrected chi connectivity index (χ3v) is 3.02. The lowest BCUT2D eigenvalue weighted by Gasteiger charge is -1.97. The van der Waals surface area contributed by atoms with Gasteiger partial charge in [-0.25, -0.2) is 9.48 Å². The summed E-state index contributed by atoms with van der Waals surface area (Å²) in [5.41, 5.74) is 1.28. The second kappa shape index (κ2) is 3.67. The number of rotatable bonds is 2. The molecule has 0 aliphatic carbocycles. The van der Waals surface area contributed by atoms with Crippen LogP contribution in [0.4, 0.5) is 0 Å². The molecule has 84 valence electrons. The molecule has 0 aliphatic heterocycles. The van der Waals surface area contributed by atoms with Gasteiger partial charge in [0.25, 0.3) is 0 Å². The van der Waals surface area contributed by atoms with Crippen molar-refractivity contribution in [3.05, 3.63) is 22.0 Å². The Morgan fingerprint density at radius 1 is 1.31 bits per heavy atom. The Labute approximate surface area is 95.6 Å². The number of carboxylic acid groups (broad SMARTS) is 1. The summed E-state index contributed by atoms with van der Waals surface area (Å²) < 4.78 is 1.52. The van der Waals surface area contributed by atoms with Crippen LogP contribution in [-0.4, -0.2) is 31.1 Å². The lowest BCUT2D eigenvalue weighted by atomic mass is 10.2. The summed E-state index contributed by atoms with van der Waals surface area (Å²) >= 11 is 1.37. The first-order valence-electron chi connectivity index (χ1n) is 4.60. The lowest BCUT2D eigenvalue weighted by Crippen LogP contribution is -2.02. The van der Waals surface area contributed by atoms with Crippen LogP contribution < -0.4 is 0 Å². The minimum atomic E-state index is -0.970. The van der Waals surface area contributed by atoms with E-state index in [4.69, 9.17) is 5.11 Å². The van der Waals surface area contributed by atoms with Crippen molar-refractivity contribution in [3.8, 4) is 5.13 Å². The highest BCUT2D eigenvalue weighted by molar-refractivity contribution is 7.13. The van der Waals surface area contributed by atoms with Crippen molar-refractivity contribution in [2.24, 2.45) is 0 Å². The van der Waals surface area contributed by atoms with Gasteiger partial charge in [0.2, 0.25) is 5.13 Å². The van der Waals surface area contributed by atoms with Crippen molar-refractivity contribution in [2.45, 2.75) is 20.8 Å². The first-order chi connectivity index (χ1) is 7.50. The van der Waals surface area contributed by atoms with E-state index >= 15 is 0 Å². The standard InChI is InChI=1S/C9H10N4O2S/c1-4-7(8(14)15)5(2)13(12-4)9-11-10-6(3)16-9/h1-3H3,(H,14,15). The van der Waals surface area contributed by atoms with E-state index in [-0.39, 0.29) is 5.56 Å². The summed E-state index contributed by atoms with van der Waals surface area (Å²) in [7, 11) is 0. The largest absolute Gasteiger partial charge is 0.478 e. The smallest absolute Gasteiger partial charge is 0.339 e. The molecule has 2 aromatic heterocycles. The third-order valence-electron chi connectivity index (χ3n) is 2.20. The van der Waals surface area contributed by atoms with Crippen molar-refractivity contribution >= 4 is 17.3 Å². The maximum atomic E-state index is 11.0. The number of carbonyl (C=O) groups is 1. The number of hydrogen-bond acceptors (Lipinski definition) is 5. The molecule has 7 heteroatoms. The monoisotopic (exact) mass is 238 g/mol. The molecule has 2 heterocycles. The van der Waals surface area contributed by atoms with Gasteiger partial charge >= 0.3 is 5.97 Å². The number of nitrogens with zero attached hydrogens (tertiary/aromatic N) is 4. The van der Waals surface area contributed by atoms with E-state index in [2.05, 4.69) is 15.3 Å². The highest BCUT2D eigenvalue weighted by atomic mass is 32.1. The van der Waals surface area contributed by atoms with Gasteiger partial charge in [-0.15, -0.1) is 10.2 Å². The van der Waals surface area contributed by atoms with E-state index in [9.17, 15) is 4.79 Å². The van der Waals surface area contributed by atoms with E-state index in [1.54, 1.807) is 13.8 Å². The van der Waals surface area contributed by atoms with E-state index in [0.717, 1.165) is 5.01 Å². The molecule has 0 fully saturated rings. The predicted octanol–water partition coefficient (Wildman–Crippen LogP) is 1.35. The molecule has 0 aromatic carbocycles. The number of aromatic carboxylic acids is 1. The topological polar surface area (TPSA) is 80.9 Å². The Hall–Kier alpha value is -1.76. The average Bonchev–Trinajstić information content (AvgIpc) is 2.70. The van der Waals surface area contributed by atoms with Gasteiger partial charge in [-0.3, -0.25) is 0 Å². The molecule has 0 aliphatic rings. The third kappa shape index (κ3) is 1.58. The highest BCUT2D eigenvalue weighted by Gasteiger charge is 2.19. The van der Waals surface area contributed by atoms with Crippen LogP contribution in [0.25, 0.3) is 5.13 Å². The summed E-state index contributed by atoms with van der Waals surface area (Å²) in [4.78, 5) is 11.0. The molecule has 0 radical (unpaired) electrons. The van der Waals surface area contributed by atoms with Gasteiger partial charge in [0, 0.05) is 0 Å². The fraction of sp³-hybridized carbons (Fsp3) is 0.333. The maximum Gasteiger partial charge on any atom is 0.339 e. The van der Waals surface area contributed by atoms with E-state index in [1.807, 2.05) is 6.92 Å². The molecule has 0 bridgehead atoms. The summed E-state index contributed by atoms with van der Waals surface area (Å²) in [6.45, 7) is 5.21. The van der Waals surface area contributed by atoms with Crippen molar-refractivity contribution in [1.29, 1.82) is 0 Å². The van der Waals surface area contributed by atoms with Crippen molar-refractivity contribution in [1.82, 2.24) is 20.0 Å². The molecule has 6 nitrogen and oxygen atoms in total. The zero-order valence-corrected chi connectivity index (χ0v) is 9.87. The summed E-state index contributed by atoms with van der Waals surface area (Å²) in [6.07, 6.45) is 0. The predicted molar refractivity (Wildman–Crippen MR) is 58.2 cm³/mol. The zero-order chi connectivity index (χ0) is 11.9. The summed E-state index contributed by atoms with van der Waals surface area (Å²) in [5.74, 6) is -0.970. The molecule has 0 saturated heterocycles. The van der Waals surface area contributed by atoms with Gasteiger partial charge in [0.15, 0.2) is 0 Å². The minimum absolute atomic E-state index is 0.229. The van der Waals surface area contributed by atoms with Crippen molar-refractivity contribution < 1.29 is 9.90 Å². The minimum Gasteiger partial charge on any atom is -0.478 e. The number of aromatic nitrogens is 4. The van der Waals surface area contributed by atoms with Gasteiger partial charge in [0.05, 0.1) is 11.4 Å². The van der Waals surface area contributed by atoms with Crippen LogP contribution in [0.2, 0.25) is 0 Å². The van der Waals surface area contributed by atoms with Crippen LogP contribution in [0.3, 0.4) is 0 Å². The summed E-state index contributed by atoms with van der Waals surface area (Å²) in [6, 6.07) is 0. The lowest BCUT2D eigenvalue weighted by molar-refractivity contribution is 0.0695. The first-order valence-corrected chi connectivity index (χ1v) is 5.42. The first kappa shape index (κ1) is 10.7. The highest BCUT2D eigenvalue weighted by Crippen LogP contribution is 2.20. The second-order valence-corrected chi connectivity index (χ2v) is 4.53. The van der Waals surface area contributed by atoms with Gasteiger partial charge in [-0.2, -0.15) is 5.10 Å². The maximum absolute atomic E-state index is 11.0. The number of hydrogen-bond donors (Lipinski definition) is 1. The molecule has 0 spiro atoms. The SMILES string of the molecule is Cc1nnc(-n2nc(C)c(C(=O)O)c2C)s1. The molecule has 0 saturated carbocycles. The normalized spacial score (nSPS) is 10.7. The van der Waals surface area contributed by atoms with E-state index < -0.39 is 5.97 Å². The number of carboxylic acids is 1. The Morgan fingerprint density at radius 2 is 2.00 bits per heavy atom. The Morgan fingerprint density at radius 3 is 2.44 bits per heavy atom. The molecular weight excluding hydrogens is 228 g/mol. The van der Waals surface area contributed by atoms with Crippen molar-refractivity contribution in [3.63, 3.8) is 0 Å². The van der Waals surface area contributed by atoms with E-state index in [0.29, 0.717) is 16.5 Å². The molecule has 2 rings (SSSR count). The molecule has 1 N–H and O–H groups in total.